The number of fused-ring (bicyclic) bond motifs is 3. The van der Waals surface area contributed by atoms with E-state index < -0.39 is 0 Å². The van der Waals surface area contributed by atoms with E-state index in [1.54, 1.807) is 0 Å². The molecule has 0 aliphatic rings. The summed E-state index contributed by atoms with van der Waals surface area (Å²) >= 11 is 0. The molecule has 0 fully saturated rings. The largest absolute Gasteiger partial charge is 2.00 e. The quantitative estimate of drug-likeness (QED) is 0.145. The number of hydrogen-bond acceptors (Lipinski definition) is 3. The second-order valence-electron chi connectivity index (χ2n) is 11.2. The van der Waals surface area contributed by atoms with Gasteiger partial charge in [-0.1, -0.05) is 56.6 Å². The fourth-order valence-corrected chi connectivity index (χ4v) is 6.12. The van der Waals surface area contributed by atoms with Crippen LogP contribution in [0.1, 0.15) is 43.0 Å². The summed E-state index contributed by atoms with van der Waals surface area (Å²) in [6, 6.07) is 34.1. The summed E-state index contributed by atoms with van der Waals surface area (Å²) in [6.07, 6.45) is 8.91. The van der Waals surface area contributed by atoms with E-state index in [-0.39, 0.29) is 21.1 Å². The molecule has 0 radical (unpaired) electrons. The van der Waals surface area contributed by atoms with Crippen molar-refractivity contribution in [1.29, 1.82) is 0 Å². The predicted molar refractivity (Wildman–Crippen MR) is 178 cm³/mol. The smallest absolute Gasteiger partial charge is 0.509 e. The molecule has 45 heavy (non-hydrogen) atoms. The molecule has 4 aromatic carbocycles. The maximum absolute atomic E-state index is 6.36. The summed E-state index contributed by atoms with van der Waals surface area (Å²) in [5.41, 5.74) is 10.5. The average Bonchev–Trinajstić information content (AvgIpc) is 3.67. The molecule has 226 valence electrons. The summed E-state index contributed by atoms with van der Waals surface area (Å²) in [5, 5.41) is 6.98. The van der Waals surface area contributed by atoms with Crippen LogP contribution in [0.4, 0.5) is 0 Å². The number of rotatable bonds is 8. The van der Waals surface area contributed by atoms with Gasteiger partial charge in [-0.2, -0.15) is 17.2 Å². The zero-order valence-electron chi connectivity index (χ0n) is 25.9. The van der Waals surface area contributed by atoms with Crippen molar-refractivity contribution in [2.24, 2.45) is 0 Å². The van der Waals surface area contributed by atoms with E-state index in [4.69, 9.17) is 9.84 Å². The standard InChI is InChI=1S/C39H34N4O.Pt/c1-5-27-20-28(6-2)39(29(7-3)21-27)30-24-41-42(25-30)31-11-10-12-32(22-31)44-33-15-16-35-34-13-8-9-14-36(34)43(37(35)23-33)38-19-26(4)17-18-40-38;/h8-21,24-25H,5-7H2,1-4H3;/q-2;+2. The molecule has 0 saturated heterocycles. The Kier molecular flexibility index (Phi) is 8.74. The topological polar surface area (TPSA) is 44.9 Å². The molecule has 7 rings (SSSR count). The second kappa shape index (κ2) is 12.9. The molecule has 0 N–H and O–H groups in total. The van der Waals surface area contributed by atoms with E-state index in [1.165, 1.54) is 22.3 Å². The van der Waals surface area contributed by atoms with E-state index in [0.29, 0.717) is 11.5 Å². The minimum absolute atomic E-state index is 0. The molecule has 0 atom stereocenters. The van der Waals surface area contributed by atoms with Crippen LogP contribution in [-0.2, 0) is 40.3 Å². The molecule has 3 aromatic heterocycles. The zero-order chi connectivity index (χ0) is 30.2. The number of hydrogen-bond donors (Lipinski definition) is 0. The summed E-state index contributed by atoms with van der Waals surface area (Å²) in [4.78, 5) is 4.68. The number of benzene rings is 4. The van der Waals surface area contributed by atoms with Crippen LogP contribution in [0.15, 0.2) is 97.5 Å². The molecule has 6 heteroatoms. The van der Waals surface area contributed by atoms with Crippen molar-refractivity contribution in [2.75, 3.05) is 0 Å². The molecule has 0 aliphatic carbocycles. The Bertz CT molecular complexity index is 2120. The SMILES string of the molecule is CCc1cc(CC)c(-c2cnn(-c3[c-]c(Oc4[c-]c5c(cc4)c4ccccc4n5-c4cc(C)ccn4)ccc3)c2)c(CC)c1.[Pt+2]. The third kappa shape index (κ3) is 5.73. The number of aromatic nitrogens is 4. The molecule has 0 bridgehead atoms. The molecule has 0 aliphatic heterocycles. The van der Waals surface area contributed by atoms with E-state index >= 15 is 0 Å². The Morgan fingerprint density at radius 2 is 1.56 bits per heavy atom. The van der Waals surface area contributed by atoms with Gasteiger partial charge in [-0.15, -0.1) is 35.7 Å². The summed E-state index contributed by atoms with van der Waals surface area (Å²) < 4.78 is 10.4. The van der Waals surface area contributed by atoms with Crippen molar-refractivity contribution in [3.8, 4) is 34.1 Å². The summed E-state index contributed by atoms with van der Waals surface area (Å²) in [7, 11) is 0. The Hall–Kier alpha value is -4.47. The van der Waals surface area contributed by atoms with Crippen LogP contribution in [0, 0.1) is 19.1 Å². The first kappa shape index (κ1) is 30.6. The van der Waals surface area contributed by atoms with Crippen LogP contribution in [0.25, 0.3) is 44.4 Å². The van der Waals surface area contributed by atoms with Crippen molar-refractivity contribution >= 4 is 21.8 Å². The maximum Gasteiger partial charge on any atom is 2.00 e. The van der Waals surface area contributed by atoms with Gasteiger partial charge in [-0.3, -0.25) is 4.68 Å². The van der Waals surface area contributed by atoms with Crippen molar-refractivity contribution in [3.05, 3.63) is 132 Å². The van der Waals surface area contributed by atoms with Gasteiger partial charge in [0.15, 0.2) is 0 Å². The van der Waals surface area contributed by atoms with Gasteiger partial charge in [0.2, 0.25) is 0 Å². The Morgan fingerprint density at radius 1 is 0.778 bits per heavy atom. The second-order valence-corrected chi connectivity index (χ2v) is 11.2. The first-order chi connectivity index (χ1) is 21.6. The Labute approximate surface area is 278 Å². The van der Waals surface area contributed by atoms with Gasteiger partial charge in [0.25, 0.3) is 0 Å². The molecule has 0 amide bonds. The van der Waals surface area contributed by atoms with Crippen molar-refractivity contribution in [2.45, 2.75) is 47.0 Å². The number of nitrogens with zero attached hydrogens (tertiary/aromatic N) is 4. The number of ether oxygens (including phenoxy) is 1. The monoisotopic (exact) mass is 769 g/mol. The van der Waals surface area contributed by atoms with Crippen LogP contribution < -0.4 is 4.74 Å². The minimum atomic E-state index is 0. The van der Waals surface area contributed by atoms with Gasteiger partial charge < -0.3 is 9.30 Å². The zero-order valence-corrected chi connectivity index (χ0v) is 28.1. The van der Waals surface area contributed by atoms with Gasteiger partial charge in [0, 0.05) is 35.0 Å². The van der Waals surface area contributed by atoms with Crippen molar-refractivity contribution < 1.29 is 25.8 Å². The normalized spacial score (nSPS) is 11.2. The van der Waals surface area contributed by atoms with Gasteiger partial charge in [-0.05, 0) is 83.3 Å². The number of aryl methyl sites for hydroxylation is 4. The fraction of sp³-hybridized carbons (Fsp3) is 0.179. The first-order valence-corrected chi connectivity index (χ1v) is 15.3. The summed E-state index contributed by atoms with van der Waals surface area (Å²) in [6.45, 7) is 8.74. The van der Waals surface area contributed by atoms with Gasteiger partial charge in [0.05, 0.1) is 6.20 Å². The van der Waals surface area contributed by atoms with Crippen LogP contribution in [0.2, 0.25) is 0 Å². The molecule has 3 heterocycles. The van der Waals surface area contributed by atoms with Crippen LogP contribution in [0.5, 0.6) is 11.5 Å². The van der Waals surface area contributed by atoms with Gasteiger partial charge >= 0.3 is 21.1 Å². The van der Waals surface area contributed by atoms with Gasteiger partial charge in [-0.25, -0.2) is 4.98 Å². The Morgan fingerprint density at radius 3 is 2.31 bits per heavy atom. The van der Waals surface area contributed by atoms with E-state index in [0.717, 1.165) is 63.7 Å². The number of pyridine rings is 1. The van der Waals surface area contributed by atoms with Crippen LogP contribution >= 0.6 is 0 Å². The van der Waals surface area contributed by atoms with E-state index in [1.807, 2.05) is 47.4 Å². The molecule has 0 saturated carbocycles. The average molecular weight is 770 g/mol. The fourth-order valence-electron chi connectivity index (χ4n) is 6.12. The van der Waals surface area contributed by atoms with Gasteiger partial charge in [0.1, 0.15) is 5.82 Å². The molecule has 0 unspecified atom stereocenters. The van der Waals surface area contributed by atoms with Crippen molar-refractivity contribution in [1.82, 2.24) is 19.3 Å². The molecule has 0 spiro atoms. The third-order valence-corrected chi connectivity index (χ3v) is 8.31. The minimum Gasteiger partial charge on any atom is -0.509 e. The predicted octanol–water partition coefficient (Wildman–Crippen LogP) is 9.42. The molecule has 7 aromatic rings. The molecular weight excluding hydrogens is 736 g/mol. The number of para-hydroxylation sites is 1. The van der Waals surface area contributed by atoms with Crippen LogP contribution in [0.3, 0.4) is 0 Å². The Balaban J connectivity index is 0.00000357. The molecule has 5 nitrogen and oxygen atoms in total. The van der Waals surface area contributed by atoms with E-state index in [2.05, 4.69) is 104 Å². The van der Waals surface area contributed by atoms with E-state index in [9.17, 15) is 0 Å². The first-order valence-electron chi connectivity index (χ1n) is 15.3. The maximum atomic E-state index is 6.36. The van der Waals surface area contributed by atoms with Crippen LogP contribution in [-0.4, -0.2) is 19.3 Å². The van der Waals surface area contributed by atoms with Crippen molar-refractivity contribution in [3.63, 3.8) is 0 Å². The third-order valence-electron chi connectivity index (χ3n) is 8.31. The molecular formula is C39H34N4OPt. The summed E-state index contributed by atoms with van der Waals surface area (Å²) in [5.74, 6) is 2.07.